The van der Waals surface area contributed by atoms with E-state index in [0.29, 0.717) is 0 Å². The van der Waals surface area contributed by atoms with E-state index in [9.17, 15) is 16.8 Å². The number of hydrogen-bond acceptors (Lipinski definition) is 5. The summed E-state index contributed by atoms with van der Waals surface area (Å²) in [7, 11) is -6.94. The maximum absolute atomic E-state index is 12.3. The summed E-state index contributed by atoms with van der Waals surface area (Å²) < 4.78 is 49.4. The van der Waals surface area contributed by atoms with Crippen LogP contribution in [0.4, 0.5) is 5.69 Å². The van der Waals surface area contributed by atoms with Crippen LogP contribution in [-0.4, -0.2) is 41.4 Å². The number of aryl methyl sites for hydroxylation is 1. The van der Waals surface area contributed by atoms with E-state index >= 15 is 0 Å². The van der Waals surface area contributed by atoms with Gasteiger partial charge in [0.1, 0.15) is 9.84 Å². The lowest BCUT2D eigenvalue weighted by atomic mass is 10.0. The van der Waals surface area contributed by atoms with Crippen LogP contribution in [-0.2, 0) is 26.3 Å². The van der Waals surface area contributed by atoms with E-state index in [1.165, 1.54) is 6.07 Å². The maximum atomic E-state index is 12.3. The Balaban J connectivity index is 2.20. The Bertz CT molecular complexity index is 727. The number of rotatable bonds is 5. The Morgan fingerprint density at radius 3 is 2.67 bits per heavy atom. The van der Waals surface area contributed by atoms with Crippen LogP contribution in [0.2, 0.25) is 0 Å². The third-order valence-electron chi connectivity index (χ3n) is 3.23. The first-order valence-electron chi connectivity index (χ1n) is 6.74. The molecule has 1 aliphatic rings. The zero-order valence-electron chi connectivity index (χ0n) is 12.1. The van der Waals surface area contributed by atoms with Crippen molar-refractivity contribution >= 4 is 25.5 Å². The molecule has 0 spiro atoms. The molecule has 0 fully saturated rings. The molecule has 0 saturated carbocycles. The average Bonchev–Trinajstić information content (AvgIpc) is 2.35. The van der Waals surface area contributed by atoms with Gasteiger partial charge in [0.15, 0.2) is 0 Å². The van der Waals surface area contributed by atoms with Crippen LogP contribution in [0, 0.1) is 0 Å². The van der Waals surface area contributed by atoms with Crippen LogP contribution in [0.1, 0.15) is 18.9 Å². The second kappa shape index (κ2) is 5.94. The van der Waals surface area contributed by atoms with Gasteiger partial charge >= 0.3 is 0 Å². The number of sulfonamides is 1. The topological polar surface area (TPSA) is 92.3 Å². The highest BCUT2D eigenvalue weighted by molar-refractivity contribution is 7.91. The van der Waals surface area contributed by atoms with Crippen LogP contribution in [0.15, 0.2) is 23.1 Å². The van der Waals surface area contributed by atoms with E-state index in [4.69, 9.17) is 0 Å². The number of nitrogens with one attached hydrogen (secondary N) is 2. The van der Waals surface area contributed by atoms with E-state index in [-0.39, 0.29) is 10.6 Å². The molecule has 1 heterocycles. The number of fused-ring (bicyclic) bond motifs is 1. The van der Waals surface area contributed by atoms with Gasteiger partial charge in [-0.05, 0) is 43.5 Å². The van der Waals surface area contributed by atoms with Gasteiger partial charge in [-0.15, -0.1) is 0 Å². The standard InChI is InChI=1S/C13H20N2O4S2/c1-10(9-20(2,16)17)15-21(18,19)12-5-6-13-11(8-12)4-3-7-14-13/h5-6,8,10,14-15H,3-4,7,9H2,1-2H3. The fourth-order valence-corrected chi connectivity index (χ4v) is 4.83. The quantitative estimate of drug-likeness (QED) is 0.830. The van der Waals surface area contributed by atoms with Gasteiger partial charge in [-0.25, -0.2) is 21.6 Å². The molecule has 0 aliphatic carbocycles. The Kier molecular flexibility index (Phi) is 4.60. The van der Waals surface area contributed by atoms with Gasteiger partial charge in [0.25, 0.3) is 0 Å². The summed E-state index contributed by atoms with van der Waals surface area (Å²) in [6.45, 7) is 2.43. The maximum Gasteiger partial charge on any atom is 0.240 e. The SMILES string of the molecule is CC(CS(C)(=O)=O)NS(=O)(=O)c1ccc2c(c1)CCCN2. The van der Waals surface area contributed by atoms with E-state index in [2.05, 4.69) is 10.0 Å². The predicted octanol–water partition coefficient (Wildman–Crippen LogP) is 0.756. The molecule has 1 aliphatic heterocycles. The van der Waals surface area contributed by atoms with Gasteiger partial charge in [-0.3, -0.25) is 0 Å². The van der Waals surface area contributed by atoms with E-state index in [1.807, 2.05) is 0 Å². The van der Waals surface area contributed by atoms with Crippen molar-refractivity contribution in [3.63, 3.8) is 0 Å². The molecule has 8 heteroatoms. The van der Waals surface area contributed by atoms with E-state index in [0.717, 1.165) is 36.9 Å². The molecule has 0 saturated heterocycles. The molecule has 0 aromatic heterocycles. The highest BCUT2D eigenvalue weighted by Gasteiger charge is 2.21. The number of hydrogen-bond donors (Lipinski definition) is 2. The Morgan fingerprint density at radius 2 is 2.00 bits per heavy atom. The second-order valence-corrected chi connectivity index (χ2v) is 9.36. The minimum Gasteiger partial charge on any atom is -0.385 e. The summed E-state index contributed by atoms with van der Waals surface area (Å²) >= 11 is 0. The molecule has 1 unspecified atom stereocenters. The van der Waals surface area contributed by atoms with Crippen molar-refractivity contribution in [3.8, 4) is 0 Å². The first-order valence-corrected chi connectivity index (χ1v) is 10.3. The minimum absolute atomic E-state index is 0.172. The van der Waals surface area contributed by atoms with Crippen molar-refractivity contribution in [2.24, 2.45) is 0 Å². The lowest BCUT2D eigenvalue weighted by molar-refractivity contribution is 0.564. The Morgan fingerprint density at radius 1 is 1.29 bits per heavy atom. The fourth-order valence-electron chi connectivity index (χ4n) is 2.44. The van der Waals surface area contributed by atoms with E-state index in [1.54, 1.807) is 19.1 Å². The largest absolute Gasteiger partial charge is 0.385 e. The zero-order valence-corrected chi connectivity index (χ0v) is 13.7. The molecule has 2 N–H and O–H groups in total. The summed E-state index contributed by atoms with van der Waals surface area (Å²) in [4.78, 5) is 0.172. The molecule has 1 atom stereocenters. The predicted molar refractivity (Wildman–Crippen MR) is 82.7 cm³/mol. The summed E-state index contributed by atoms with van der Waals surface area (Å²) in [6.07, 6.45) is 2.89. The lowest BCUT2D eigenvalue weighted by Crippen LogP contribution is -2.37. The average molecular weight is 332 g/mol. The van der Waals surface area contributed by atoms with Crippen molar-refractivity contribution in [2.45, 2.75) is 30.7 Å². The third kappa shape index (κ3) is 4.42. The lowest BCUT2D eigenvalue weighted by Gasteiger charge is -2.19. The second-order valence-electron chi connectivity index (χ2n) is 5.46. The van der Waals surface area contributed by atoms with Gasteiger partial charge < -0.3 is 5.32 Å². The van der Waals surface area contributed by atoms with Gasteiger partial charge in [0, 0.05) is 24.5 Å². The number of sulfone groups is 1. The van der Waals surface area contributed by atoms with Crippen molar-refractivity contribution < 1.29 is 16.8 Å². The monoisotopic (exact) mass is 332 g/mol. The summed E-state index contributed by atoms with van der Waals surface area (Å²) in [6, 6.07) is 4.27. The molecular weight excluding hydrogens is 312 g/mol. The molecule has 2 rings (SSSR count). The molecule has 0 bridgehead atoms. The smallest absolute Gasteiger partial charge is 0.240 e. The minimum atomic E-state index is -3.71. The molecule has 0 amide bonds. The van der Waals surface area contributed by atoms with Crippen molar-refractivity contribution in [2.75, 3.05) is 23.9 Å². The highest BCUT2D eigenvalue weighted by Crippen LogP contribution is 2.24. The van der Waals surface area contributed by atoms with E-state index < -0.39 is 25.9 Å². The van der Waals surface area contributed by atoms with Crippen molar-refractivity contribution in [3.05, 3.63) is 23.8 Å². The molecule has 1 aromatic carbocycles. The zero-order chi connectivity index (χ0) is 15.7. The van der Waals surface area contributed by atoms with Crippen LogP contribution in [0.3, 0.4) is 0 Å². The Labute approximate surface area is 125 Å². The highest BCUT2D eigenvalue weighted by atomic mass is 32.2. The fraction of sp³-hybridized carbons (Fsp3) is 0.538. The van der Waals surface area contributed by atoms with Crippen LogP contribution in [0.5, 0.6) is 0 Å². The van der Waals surface area contributed by atoms with Crippen molar-refractivity contribution in [1.29, 1.82) is 0 Å². The van der Waals surface area contributed by atoms with Gasteiger partial charge in [-0.1, -0.05) is 0 Å². The van der Waals surface area contributed by atoms with Gasteiger partial charge in [0.2, 0.25) is 10.0 Å². The number of anilines is 1. The number of benzene rings is 1. The normalized spacial score (nSPS) is 16.9. The first-order chi connectivity index (χ1) is 9.67. The molecule has 0 radical (unpaired) electrons. The summed E-state index contributed by atoms with van der Waals surface area (Å²) in [5.74, 6) is -0.223. The molecule has 6 nitrogen and oxygen atoms in total. The van der Waals surface area contributed by atoms with Gasteiger partial charge in [-0.2, -0.15) is 0 Å². The molecule has 1 aromatic rings. The molecule has 118 valence electrons. The molecule has 21 heavy (non-hydrogen) atoms. The van der Waals surface area contributed by atoms with Crippen LogP contribution in [0.25, 0.3) is 0 Å². The van der Waals surface area contributed by atoms with Gasteiger partial charge in [0.05, 0.1) is 10.6 Å². The third-order valence-corrected chi connectivity index (χ3v) is 5.93. The van der Waals surface area contributed by atoms with Crippen LogP contribution >= 0.6 is 0 Å². The van der Waals surface area contributed by atoms with Crippen LogP contribution < -0.4 is 10.0 Å². The summed E-state index contributed by atoms with van der Waals surface area (Å²) in [5.41, 5.74) is 1.93. The molecular formula is C13H20N2O4S2. The first kappa shape index (κ1) is 16.3. The summed E-state index contributed by atoms with van der Waals surface area (Å²) in [5, 5.41) is 3.22. The Hall–Kier alpha value is -1.12. The van der Waals surface area contributed by atoms with Crippen molar-refractivity contribution in [1.82, 2.24) is 4.72 Å².